The fourth-order valence-electron chi connectivity index (χ4n) is 4.03. The van der Waals surface area contributed by atoms with E-state index in [-0.39, 0.29) is 0 Å². The largest absolute Gasteiger partial charge is 0.350 e. The monoisotopic (exact) mass is 331 g/mol. The molecule has 0 amide bonds. The summed E-state index contributed by atoms with van der Waals surface area (Å²) in [6, 6.07) is 17.3. The van der Waals surface area contributed by atoms with Crippen LogP contribution in [0.25, 0.3) is 21.8 Å². The topological polar surface area (TPSA) is 35.9 Å². The average Bonchev–Trinajstić information content (AvgIpc) is 3.18. The van der Waals surface area contributed by atoms with Crippen molar-refractivity contribution in [1.29, 1.82) is 0 Å². The van der Waals surface area contributed by atoms with Gasteiger partial charge in [-0.3, -0.25) is 0 Å². The molecule has 2 aromatic carbocycles. The Morgan fingerprint density at radius 1 is 0.920 bits per heavy atom. The summed E-state index contributed by atoms with van der Waals surface area (Å²) >= 11 is 0. The average molecular weight is 331 g/mol. The van der Waals surface area contributed by atoms with Gasteiger partial charge in [-0.15, -0.1) is 0 Å². The van der Waals surface area contributed by atoms with Crippen molar-refractivity contribution in [3.8, 4) is 0 Å². The molecule has 3 heteroatoms. The molecule has 4 rings (SSSR count). The molecular formula is C22H25N3. The third-order valence-electron chi connectivity index (χ3n) is 5.33. The summed E-state index contributed by atoms with van der Waals surface area (Å²) < 4.78 is 4.55. The van der Waals surface area contributed by atoms with Crippen LogP contribution in [-0.4, -0.2) is 15.7 Å². The number of hydrogen-bond donors (Lipinski definition) is 1. The molecule has 0 aliphatic carbocycles. The quantitative estimate of drug-likeness (QED) is 0.577. The molecule has 4 aromatic rings. The van der Waals surface area contributed by atoms with E-state index in [2.05, 4.69) is 84.0 Å². The highest BCUT2D eigenvalue weighted by molar-refractivity contribution is 5.86. The molecule has 2 heterocycles. The predicted molar refractivity (Wildman–Crippen MR) is 106 cm³/mol. The van der Waals surface area contributed by atoms with Gasteiger partial charge in [-0.25, -0.2) is 0 Å². The molecule has 0 saturated heterocycles. The third-order valence-corrected chi connectivity index (χ3v) is 5.33. The predicted octanol–water partition coefficient (Wildman–Crippen LogP) is 4.44. The van der Waals surface area contributed by atoms with Crippen molar-refractivity contribution in [1.82, 2.24) is 9.13 Å². The van der Waals surface area contributed by atoms with Crippen LogP contribution < -0.4 is 5.73 Å². The number of nitrogens with two attached hydrogens (primary N) is 1. The molecule has 0 bridgehead atoms. The van der Waals surface area contributed by atoms with Crippen LogP contribution >= 0.6 is 0 Å². The summed E-state index contributed by atoms with van der Waals surface area (Å²) in [5.41, 5.74) is 11.5. The minimum absolute atomic E-state index is 0.321. The van der Waals surface area contributed by atoms with Crippen LogP contribution in [0.4, 0.5) is 0 Å². The van der Waals surface area contributed by atoms with Crippen LogP contribution in [0.2, 0.25) is 0 Å². The van der Waals surface area contributed by atoms with Gasteiger partial charge in [-0.2, -0.15) is 0 Å². The van der Waals surface area contributed by atoms with Gasteiger partial charge < -0.3 is 14.9 Å². The van der Waals surface area contributed by atoms with Crippen molar-refractivity contribution >= 4 is 21.8 Å². The summed E-state index contributed by atoms with van der Waals surface area (Å²) in [7, 11) is 2.11. The number of benzene rings is 2. The van der Waals surface area contributed by atoms with E-state index in [4.69, 9.17) is 5.73 Å². The Balaban J connectivity index is 1.78. The second-order valence-electron chi connectivity index (χ2n) is 6.81. The fraction of sp³-hybridized carbons (Fsp3) is 0.273. The Morgan fingerprint density at radius 3 is 2.32 bits per heavy atom. The smallest absolute Gasteiger partial charge is 0.0483 e. The van der Waals surface area contributed by atoms with Gasteiger partial charge in [0.25, 0.3) is 0 Å². The van der Waals surface area contributed by atoms with Gasteiger partial charge in [0.1, 0.15) is 0 Å². The van der Waals surface area contributed by atoms with Crippen LogP contribution in [0.15, 0.2) is 60.9 Å². The molecule has 1 atom stereocenters. The standard InChI is InChI=1S/C22H25N3/c1-3-25-14-17(18-8-4-7-11-22(18)25)12-16(13-23)20-15-24(2)21-10-6-5-9-19(20)21/h4-11,14-16H,3,12-13,23H2,1-2H3. The van der Waals surface area contributed by atoms with Crippen LogP contribution in [0.1, 0.15) is 24.0 Å². The minimum Gasteiger partial charge on any atom is -0.350 e. The van der Waals surface area contributed by atoms with E-state index in [1.54, 1.807) is 0 Å². The van der Waals surface area contributed by atoms with Crippen molar-refractivity contribution in [3.63, 3.8) is 0 Å². The lowest BCUT2D eigenvalue weighted by atomic mass is 9.91. The van der Waals surface area contributed by atoms with E-state index >= 15 is 0 Å². The van der Waals surface area contributed by atoms with Crippen LogP contribution in [0.5, 0.6) is 0 Å². The highest BCUT2D eigenvalue weighted by atomic mass is 14.9. The molecule has 0 aliphatic rings. The maximum absolute atomic E-state index is 6.22. The lowest BCUT2D eigenvalue weighted by Gasteiger charge is -2.14. The van der Waals surface area contributed by atoms with Gasteiger partial charge in [0.05, 0.1) is 0 Å². The van der Waals surface area contributed by atoms with Gasteiger partial charge in [0, 0.05) is 53.7 Å². The molecule has 25 heavy (non-hydrogen) atoms. The second kappa shape index (κ2) is 6.41. The summed E-state index contributed by atoms with van der Waals surface area (Å²) in [6.07, 6.45) is 5.53. The van der Waals surface area contributed by atoms with E-state index < -0.39 is 0 Å². The molecule has 128 valence electrons. The van der Waals surface area contributed by atoms with E-state index in [0.29, 0.717) is 12.5 Å². The Kier molecular flexibility index (Phi) is 4.10. The van der Waals surface area contributed by atoms with E-state index in [0.717, 1.165) is 13.0 Å². The Morgan fingerprint density at radius 2 is 1.60 bits per heavy atom. The van der Waals surface area contributed by atoms with Crippen molar-refractivity contribution in [3.05, 3.63) is 72.1 Å². The number of fused-ring (bicyclic) bond motifs is 2. The second-order valence-corrected chi connectivity index (χ2v) is 6.81. The first-order chi connectivity index (χ1) is 12.2. The van der Waals surface area contributed by atoms with E-state index in [1.807, 2.05) is 0 Å². The van der Waals surface area contributed by atoms with Crippen LogP contribution in [0, 0.1) is 0 Å². The SMILES string of the molecule is CCn1cc(CC(CN)c2cn(C)c3ccccc23)c2ccccc21. The molecule has 2 N–H and O–H groups in total. The maximum atomic E-state index is 6.22. The van der Waals surface area contributed by atoms with Crippen molar-refractivity contribution in [2.24, 2.45) is 12.8 Å². The fourth-order valence-corrected chi connectivity index (χ4v) is 4.03. The highest BCUT2D eigenvalue weighted by Crippen LogP contribution is 2.31. The first-order valence-corrected chi connectivity index (χ1v) is 9.03. The number of aryl methyl sites for hydroxylation is 2. The Bertz CT molecular complexity index is 1020. The maximum Gasteiger partial charge on any atom is 0.0483 e. The number of para-hydroxylation sites is 2. The summed E-state index contributed by atoms with van der Waals surface area (Å²) in [5, 5.41) is 2.67. The number of hydrogen-bond acceptors (Lipinski definition) is 1. The first kappa shape index (κ1) is 16.0. The molecule has 1 unspecified atom stereocenters. The molecular weight excluding hydrogens is 306 g/mol. The molecule has 2 aromatic heterocycles. The number of aromatic nitrogens is 2. The highest BCUT2D eigenvalue weighted by Gasteiger charge is 2.18. The van der Waals surface area contributed by atoms with Gasteiger partial charge in [-0.1, -0.05) is 36.4 Å². The van der Waals surface area contributed by atoms with Crippen molar-refractivity contribution in [2.75, 3.05) is 6.54 Å². The van der Waals surface area contributed by atoms with Gasteiger partial charge in [0.15, 0.2) is 0 Å². The minimum atomic E-state index is 0.321. The zero-order valence-electron chi connectivity index (χ0n) is 14.9. The van der Waals surface area contributed by atoms with Crippen molar-refractivity contribution < 1.29 is 0 Å². The van der Waals surface area contributed by atoms with Crippen LogP contribution in [0.3, 0.4) is 0 Å². The molecule has 0 saturated carbocycles. The summed E-state index contributed by atoms with van der Waals surface area (Å²) in [5.74, 6) is 0.321. The van der Waals surface area contributed by atoms with Crippen LogP contribution in [-0.2, 0) is 20.0 Å². The van der Waals surface area contributed by atoms with Gasteiger partial charge in [0.2, 0.25) is 0 Å². The molecule has 0 aliphatic heterocycles. The molecule has 0 radical (unpaired) electrons. The first-order valence-electron chi connectivity index (χ1n) is 9.03. The lowest BCUT2D eigenvalue weighted by molar-refractivity contribution is 0.693. The Hall–Kier alpha value is -2.52. The van der Waals surface area contributed by atoms with Gasteiger partial charge >= 0.3 is 0 Å². The summed E-state index contributed by atoms with van der Waals surface area (Å²) in [6.45, 7) is 3.84. The van der Waals surface area contributed by atoms with Crippen molar-refractivity contribution in [2.45, 2.75) is 25.8 Å². The zero-order chi connectivity index (χ0) is 17.4. The third kappa shape index (κ3) is 2.65. The van der Waals surface area contributed by atoms with E-state index in [9.17, 15) is 0 Å². The number of rotatable bonds is 5. The summed E-state index contributed by atoms with van der Waals surface area (Å²) in [4.78, 5) is 0. The molecule has 3 nitrogen and oxygen atoms in total. The molecule has 0 fully saturated rings. The van der Waals surface area contributed by atoms with E-state index in [1.165, 1.54) is 32.9 Å². The molecule has 0 spiro atoms. The Labute approximate surface area is 148 Å². The normalized spacial score (nSPS) is 12.9. The zero-order valence-corrected chi connectivity index (χ0v) is 14.9. The number of nitrogens with zero attached hydrogens (tertiary/aromatic N) is 2. The van der Waals surface area contributed by atoms with Gasteiger partial charge in [-0.05, 0) is 43.1 Å². The lowest BCUT2D eigenvalue weighted by Crippen LogP contribution is -2.14.